The third-order valence-electron chi connectivity index (χ3n) is 7.17. The van der Waals surface area contributed by atoms with Crippen LogP contribution in [0.15, 0.2) is 35.9 Å². The summed E-state index contributed by atoms with van der Waals surface area (Å²) in [5.74, 6) is -0.524. The summed E-state index contributed by atoms with van der Waals surface area (Å²) >= 11 is 0. The summed E-state index contributed by atoms with van der Waals surface area (Å²) in [4.78, 5) is 28.3. The van der Waals surface area contributed by atoms with Crippen molar-refractivity contribution in [1.82, 2.24) is 4.90 Å². The van der Waals surface area contributed by atoms with Gasteiger partial charge in [-0.1, -0.05) is 32.8 Å². The average Bonchev–Trinajstić information content (AvgIpc) is 3.44. The molecule has 1 amide bonds. The molecule has 1 aliphatic heterocycles. The number of carbonyl (C=O) groups excluding carboxylic acids is 2. The van der Waals surface area contributed by atoms with Crippen LogP contribution in [0, 0.1) is 6.92 Å². The van der Waals surface area contributed by atoms with Crippen molar-refractivity contribution in [2.24, 2.45) is 0 Å². The number of hydrogen-bond donors (Lipinski definition) is 2. The Morgan fingerprint density at radius 1 is 1.03 bits per heavy atom. The van der Waals surface area contributed by atoms with E-state index < -0.39 is 17.7 Å². The number of amides is 1. The van der Waals surface area contributed by atoms with Crippen LogP contribution in [0.5, 0.6) is 17.2 Å². The number of rotatable bonds is 6. The largest absolute Gasteiger partial charge is 0.507 e. The van der Waals surface area contributed by atoms with Gasteiger partial charge in [0.1, 0.15) is 11.5 Å². The molecule has 1 saturated carbocycles. The lowest BCUT2D eigenvalue weighted by Crippen LogP contribution is -2.37. The number of aromatic hydroxyl groups is 1. The SMILES string of the molecule is COc1ccc(C2/C(=C(\O)c3cc(C(C)C)c(OC)cc3C)C(=O)C(=O)N2C2CCCC2)cc1O. The minimum Gasteiger partial charge on any atom is -0.507 e. The number of ether oxygens (including phenoxy) is 2. The van der Waals surface area contributed by atoms with Crippen LogP contribution in [0.25, 0.3) is 5.76 Å². The Bertz CT molecular complexity index is 1190. The van der Waals surface area contributed by atoms with Crippen molar-refractivity contribution in [3.63, 3.8) is 0 Å². The molecule has 4 rings (SSSR count). The molecule has 2 aromatic carbocycles. The van der Waals surface area contributed by atoms with Crippen molar-refractivity contribution < 1.29 is 29.3 Å². The molecule has 0 aromatic heterocycles. The number of ketones is 1. The molecule has 1 unspecified atom stereocenters. The standard InChI is InChI=1S/C28H33NO6/c1-15(2)19-14-20(16(3)12-23(19)35-5)26(31)24-25(17-10-11-22(34-4)21(30)13-17)29(28(33)27(24)32)18-8-6-7-9-18/h10-15,18,25,30-31H,6-9H2,1-5H3/b26-24+. The highest BCUT2D eigenvalue weighted by atomic mass is 16.5. The Hall–Kier alpha value is -3.48. The molecule has 7 heteroatoms. The van der Waals surface area contributed by atoms with Crippen molar-refractivity contribution in [2.75, 3.05) is 14.2 Å². The highest BCUT2D eigenvalue weighted by Gasteiger charge is 2.49. The number of aryl methyl sites for hydroxylation is 1. The molecule has 1 saturated heterocycles. The van der Waals surface area contributed by atoms with E-state index in [1.54, 1.807) is 24.1 Å². The summed E-state index contributed by atoms with van der Waals surface area (Å²) in [5, 5.41) is 22.0. The fraction of sp³-hybridized carbons (Fsp3) is 0.429. The smallest absolute Gasteiger partial charge is 0.295 e. The minimum absolute atomic E-state index is 0.0365. The van der Waals surface area contributed by atoms with E-state index in [9.17, 15) is 19.8 Å². The van der Waals surface area contributed by atoms with Gasteiger partial charge in [0.15, 0.2) is 11.5 Å². The van der Waals surface area contributed by atoms with Crippen molar-refractivity contribution in [3.05, 3.63) is 58.2 Å². The van der Waals surface area contributed by atoms with E-state index in [-0.39, 0.29) is 29.0 Å². The highest BCUT2D eigenvalue weighted by Crippen LogP contribution is 2.45. The maximum absolute atomic E-state index is 13.4. The predicted octanol–water partition coefficient (Wildman–Crippen LogP) is 5.21. The fourth-order valence-corrected chi connectivity index (χ4v) is 5.34. The van der Waals surface area contributed by atoms with Crippen LogP contribution >= 0.6 is 0 Å². The van der Waals surface area contributed by atoms with E-state index in [1.807, 2.05) is 32.9 Å². The van der Waals surface area contributed by atoms with Gasteiger partial charge >= 0.3 is 0 Å². The second-order valence-electron chi connectivity index (χ2n) is 9.64. The molecule has 2 aromatic rings. The lowest BCUT2D eigenvalue weighted by Gasteiger charge is -2.31. The molecule has 1 heterocycles. The van der Waals surface area contributed by atoms with Crippen LogP contribution in [0.3, 0.4) is 0 Å². The lowest BCUT2D eigenvalue weighted by molar-refractivity contribution is -0.141. The molecule has 186 valence electrons. The van der Waals surface area contributed by atoms with E-state index in [0.29, 0.717) is 22.6 Å². The molecule has 7 nitrogen and oxygen atoms in total. The van der Waals surface area contributed by atoms with Crippen LogP contribution < -0.4 is 9.47 Å². The molecule has 0 bridgehead atoms. The topological polar surface area (TPSA) is 96.3 Å². The van der Waals surface area contributed by atoms with Gasteiger partial charge in [0.2, 0.25) is 0 Å². The number of carbonyl (C=O) groups is 2. The van der Waals surface area contributed by atoms with Gasteiger partial charge in [-0.15, -0.1) is 0 Å². The minimum atomic E-state index is -0.807. The van der Waals surface area contributed by atoms with E-state index in [0.717, 1.165) is 36.8 Å². The zero-order valence-electron chi connectivity index (χ0n) is 20.9. The number of Topliss-reactive ketones (excluding diaryl/α,β-unsaturated/α-hetero) is 1. The summed E-state index contributed by atoms with van der Waals surface area (Å²) in [6, 6.07) is 7.60. The van der Waals surface area contributed by atoms with Crippen LogP contribution in [-0.4, -0.2) is 47.1 Å². The maximum Gasteiger partial charge on any atom is 0.295 e. The Balaban J connectivity index is 1.94. The van der Waals surface area contributed by atoms with Gasteiger partial charge in [-0.05, 0) is 66.6 Å². The molecule has 35 heavy (non-hydrogen) atoms. The zero-order chi connectivity index (χ0) is 25.4. The first-order valence-corrected chi connectivity index (χ1v) is 12.1. The van der Waals surface area contributed by atoms with Crippen molar-refractivity contribution in [1.29, 1.82) is 0 Å². The number of hydrogen-bond acceptors (Lipinski definition) is 6. The predicted molar refractivity (Wildman–Crippen MR) is 133 cm³/mol. The lowest BCUT2D eigenvalue weighted by atomic mass is 9.90. The fourth-order valence-electron chi connectivity index (χ4n) is 5.34. The van der Waals surface area contributed by atoms with Gasteiger partial charge in [0.05, 0.1) is 25.8 Å². The molecular formula is C28H33NO6. The Labute approximate surface area is 206 Å². The Kier molecular flexibility index (Phi) is 6.79. The number of likely N-dealkylation sites (tertiary alicyclic amines) is 1. The summed E-state index contributed by atoms with van der Waals surface area (Å²) in [6.07, 6.45) is 3.54. The molecule has 2 N–H and O–H groups in total. The quantitative estimate of drug-likeness (QED) is 0.336. The van der Waals surface area contributed by atoms with Crippen molar-refractivity contribution >= 4 is 17.4 Å². The molecule has 1 atom stereocenters. The van der Waals surface area contributed by atoms with Gasteiger partial charge in [-0.2, -0.15) is 0 Å². The monoisotopic (exact) mass is 479 g/mol. The van der Waals surface area contributed by atoms with Gasteiger partial charge in [-0.3, -0.25) is 9.59 Å². The molecule has 2 aliphatic rings. The number of phenols is 1. The number of phenolic OH excluding ortho intramolecular Hbond substituents is 1. The second-order valence-corrected chi connectivity index (χ2v) is 9.64. The molecule has 2 fully saturated rings. The van der Waals surface area contributed by atoms with Crippen LogP contribution in [0.1, 0.15) is 73.7 Å². The molecule has 0 radical (unpaired) electrons. The second kappa shape index (κ2) is 9.64. The number of aliphatic hydroxyl groups excluding tert-OH is 1. The first kappa shape index (κ1) is 24.6. The maximum atomic E-state index is 13.4. The normalized spacial score (nSPS) is 20.2. The van der Waals surface area contributed by atoms with E-state index in [1.165, 1.54) is 13.2 Å². The Morgan fingerprint density at radius 3 is 2.26 bits per heavy atom. The van der Waals surface area contributed by atoms with E-state index in [4.69, 9.17) is 9.47 Å². The highest BCUT2D eigenvalue weighted by molar-refractivity contribution is 6.46. The third-order valence-corrected chi connectivity index (χ3v) is 7.17. The van der Waals surface area contributed by atoms with Gasteiger partial charge < -0.3 is 24.6 Å². The zero-order valence-corrected chi connectivity index (χ0v) is 20.9. The number of methoxy groups -OCH3 is 2. The van der Waals surface area contributed by atoms with Crippen molar-refractivity contribution in [3.8, 4) is 17.2 Å². The van der Waals surface area contributed by atoms with Gasteiger partial charge in [0, 0.05) is 11.6 Å². The van der Waals surface area contributed by atoms with Crippen molar-refractivity contribution in [2.45, 2.75) is 64.5 Å². The van der Waals surface area contributed by atoms with E-state index in [2.05, 4.69) is 0 Å². The molecular weight excluding hydrogens is 446 g/mol. The molecule has 0 spiro atoms. The number of aliphatic hydroxyl groups is 1. The van der Waals surface area contributed by atoms with Crippen LogP contribution in [0.2, 0.25) is 0 Å². The first-order valence-electron chi connectivity index (χ1n) is 12.1. The van der Waals surface area contributed by atoms with E-state index >= 15 is 0 Å². The van der Waals surface area contributed by atoms with Gasteiger partial charge in [-0.25, -0.2) is 0 Å². The number of nitrogens with zero attached hydrogens (tertiary/aromatic N) is 1. The van der Waals surface area contributed by atoms with Crippen LogP contribution in [0.4, 0.5) is 0 Å². The summed E-state index contributed by atoms with van der Waals surface area (Å²) < 4.78 is 10.7. The van der Waals surface area contributed by atoms with Gasteiger partial charge in [0.25, 0.3) is 11.7 Å². The Morgan fingerprint density at radius 2 is 1.69 bits per heavy atom. The average molecular weight is 480 g/mol. The number of benzene rings is 2. The molecule has 1 aliphatic carbocycles. The summed E-state index contributed by atoms with van der Waals surface area (Å²) in [6.45, 7) is 5.88. The third kappa shape index (κ3) is 4.24. The summed E-state index contributed by atoms with van der Waals surface area (Å²) in [7, 11) is 3.06. The first-order chi connectivity index (χ1) is 16.7. The van der Waals surface area contributed by atoms with Crippen LogP contribution in [-0.2, 0) is 9.59 Å². The summed E-state index contributed by atoms with van der Waals surface area (Å²) in [5.41, 5.74) is 2.69.